The van der Waals surface area contributed by atoms with Crippen molar-refractivity contribution in [1.29, 1.82) is 0 Å². The summed E-state index contributed by atoms with van der Waals surface area (Å²) in [6.07, 6.45) is 0. The van der Waals surface area contributed by atoms with E-state index in [0.29, 0.717) is 17.1 Å². The first-order valence-corrected chi connectivity index (χ1v) is 8.86. The van der Waals surface area contributed by atoms with Gasteiger partial charge in [0.15, 0.2) is 5.69 Å². The van der Waals surface area contributed by atoms with Crippen molar-refractivity contribution >= 4 is 11.6 Å². The van der Waals surface area contributed by atoms with E-state index in [9.17, 15) is 4.79 Å². The van der Waals surface area contributed by atoms with Crippen LogP contribution in [0.15, 0.2) is 24.3 Å². The van der Waals surface area contributed by atoms with Crippen LogP contribution >= 0.6 is 0 Å². The van der Waals surface area contributed by atoms with Gasteiger partial charge in [0.05, 0.1) is 12.8 Å². The van der Waals surface area contributed by atoms with Gasteiger partial charge >= 0.3 is 0 Å². The van der Waals surface area contributed by atoms with E-state index in [-0.39, 0.29) is 5.91 Å². The minimum absolute atomic E-state index is 0.233. The van der Waals surface area contributed by atoms with Crippen LogP contribution in [0.1, 0.15) is 21.7 Å². The molecule has 0 unspecified atom stereocenters. The molecule has 2 aromatic rings. The Hall–Kier alpha value is -2.38. The van der Waals surface area contributed by atoms with Crippen molar-refractivity contribution in [2.45, 2.75) is 13.5 Å². The molecule has 26 heavy (non-hydrogen) atoms. The van der Waals surface area contributed by atoms with E-state index in [1.165, 1.54) is 0 Å². The number of rotatable bonds is 5. The molecule has 1 aromatic heterocycles. The molecular weight excluding hydrogens is 330 g/mol. The van der Waals surface area contributed by atoms with E-state index in [2.05, 4.69) is 33.3 Å². The fourth-order valence-corrected chi connectivity index (χ4v) is 3.07. The highest BCUT2D eigenvalue weighted by molar-refractivity contribution is 6.03. The second kappa shape index (κ2) is 7.88. The van der Waals surface area contributed by atoms with Crippen LogP contribution in [0.4, 0.5) is 5.69 Å². The number of likely N-dealkylation sites (N-methyl/N-ethyl adjacent to an activating group) is 1. The van der Waals surface area contributed by atoms with Crippen molar-refractivity contribution in [3.05, 3.63) is 41.2 Å². The van der Waals surface area contributed by atoms with Crippen molar-refractivity contribution in [2.24, 2.45) is 7.05 Å². The molecule has 2 heterocycles. The third-order valence-electron chi connectivity index (χ3n) is 4.86. The Bertz CT molecular complexity index is 759. The SMILES string of the molecule is COc1ccc(CN2CCN(C)CC2)cc1NC(=O)c1cc(C)n(C)n1. The molecule has 0 bridgehead atoms. The van der Waals surface area contributed by atoms with Crippen LogP contribution in [-0.4, -0.2) is 65.8 Å². The number of carbonyl (C=O) groups excluding carboxylic acids is 1. The lowest BCUT2D eigenvalue weighted by atomic mass is 10.1. The summed E-state index contributed by atoms with van der Waals surface area (Å²) in [4.78, 5) is 17.3. The molecule has 0 aliphatic carbocycles. The molecule has 1 amide bonds. The Labute approximate surface area is 154 Å². The monoisotopic (exact) mass is 357 g/mol. The van der Waals surface area contributed by atoms with Crippen molar-refractivity contribution in [3.8, 4) is 5.75 Å². The van der Waals surface area contributed by atoms with Crippen LogP contribution in [0.25, 0.3) is 0 Å². The summed E-state index contributed by atoms with van der Waals surface area (Å²) in [5.74, 6) is 0.414. The predicted octanol–water partition coefficient (Wildman–Crippen LogP) is 1.74. The van der Waals surface area contributed by atoms with Gasteiger partial charge in [-0.25, -0.2) is 0 Å². The summed E-state index contributed by atoms with van der Waals surface area (Å²) in [7, 11) is 5.58. The highest BCUT2D eigenvalue weighted by atomic mass is 16.5. The highest BCUT2D eigenvalue weighted by Gasteiger charge is 2.17. The number of anilines is 1. The second-order valence-electron chi connectivity index (χ2n) is 6.86. The number of amides is 1. The molecule has 0 radical (unpaired) electrons. The van der Waals surface area contributed by atoms with Crippen LogP contribution in [0.5, 0.6) is 5.75 Å². The number of nitrogens with zero attached hydrogens (tertiary/aromatic N) is 4. The summed E-state index contributed by atoms with van der Waals surface area (Å²) in [6.45, 7) is 7.05. The molecule has 1 fully saturated rings. The molecule has 140 valence electrons. The molecule has 1 saturated heterocycles. The zero-order valence-electron chi connectivity index (χ0n) is 16.0. The molecule has 0 saturated carbocycles. The number of piperazine rings is 1. The Morgan fingerprint density at radius 2 is 1.92 bits per heavy atom. The van der Waals surface area contributed by atoms with Gasteiger partial charge in [-0.1, -0.05) is 6.07 Å². The molecule has 1 aliphatic rings. The molecule has 0 atom stereocenters. The van der Waals surface area contributed by atoms with Crippen LogP contribution in [0.2, 0.25) is 0 Å². The van der Waals surface area contributed by atoms with Crippen LogP contribution < -0.4 is 10.1 Å². The average Bonchev–Trinajstić information content (AvgIpc) is 2.96. The van der Waals surface area contributed by atoms with E-state index in [1.807, 2.05) is 26.1 Å². The minimum Gasteiger partial charge on any atom is -0.495 e. The first-order valence-electron chi connectivity index (χ1n) is 8.86. The Kier molecular flexibility index (Phi) is 5.58. The fraction of sp³-hybridized carbons (Fsp3) is 0.474. The molecule has 1 aliphatic heterocycles. The maximum atomic E-state index is 12.5. The summed E-state index contributed by atoms with van der Waals surface area (Å²) in [5, 5.41) is 7.17. The van der Waals surface area contributed by atoms with Gasteiger partial charge in [0.25, 0.3) is 5.91 Å². The second-order valence-corrected chi connectivity index (χ2v) is 6.86. The Balaban J connectivity index is 1.73. The van der Waals surface area contributed by atoms with Crippen molar-refractivity contribution < 1.29 is 9.53 Å². The number of benzene rings is 1. The van der Waals surface area contributed by atoms with Gasteiger partial charge in [-0.15, -0.1) is 0 Å². The summed E-state index contributed by atoms with van der Waals surface area (Å²) in [5.41, 5.74) is 3.16. The molecule has 7 nitrogen and oxygen atoms in total. The first-order chi connectivity index (χ1) is 12.5. The van der Waals surface area contributed by atoms with E-state index in [4.69, 9.17) is 4.74 Å². The number of hydrogen-bond donors (Lipinski definition) is 1. The normalized spacial score (nSPS) is 15.8. The number of nitrogens with one attached hydrogen (secondary N) is 1. The van der Waals surface area contributed by atoms with Gasteiger partial charge in [-0.3, -0.25) is 14.4 Å². The molecule has 1 N–H and O–H groups in total. The Morgan fingerprint density at radius 1 is 1.19 bits per heavy atom. The molecule has 1 aromatic carbocycles. The maximum absolute atomic E-state index is 12.5. The molecule has 7 heteroatoms. The first kappa shape index (κ1) is 18.4. The third kappa shape index (κ3) is 4.23. The molecule has 3 rings (SSSR count). The lowest BCUT2D eigenvalue weighted by Gasteiger charge is -2.32. The van der Waals surface area contributed by atoms with E-state index < -0.39 is 0 Å². The van der Waals surface area contributed by atoms with Crippen LogP contribution in [-0.2, 0) is 13.6 Å². The van der Waals surface area contributed by atoms with Gasteiger partial charge in [-0.2, -0.15) is 5.10 Å². The van der Waals surface area contributed by atoms with Gasteiger partial charge in [0, 0.05) is 45.5 Å². The van der Waals surface area contributed by atoms with Gasteiger partial charge in [0.2, 0.25) is 0 Å². The minimum atomic E-state index is -0.233. The predicted molar refractivity (Wildman–Crippen MR) is 102 cm³/mol. The quantitative estimate of drug-likeness (QED) is 0.883. The number of carbonyl (C=O) groups is 1. The van der Waals surface area contributed by atoms with Crippen molar-refractivity contribution in [1.82, 2.24) is 19.6 Å². The number of aryl methyl sites for hydroxylation is 2. The van der Waals surface area contributed by atoms with Gasteiger partial charge < -0.3 is 15.0 Å². The van der Waals surface area contributed by atoms with E-state index in [0.717, 1.165) is 44.0 Å². The lowest BCUT2D eigenvalue weighted by Crippen LogP contribution is -2.43. The fourth-order valence-electron chi connectivity index (χ4n) is 3.07. The summed E-state index contributed by atoms with van der Waals surface area (Å²) >= 11 is 0. The largest absolute Gasteiger partial charge is 0.495 e. The maximum Gasteiger partial charge on any atom is 0.276 e. The smallest absolute Gasteiger partial charge is 0.276 e. The van der Waals surface area contributed by atoms with Crippen LogP contribution in [0, 0.1) is 6.92 Å². The standard InChI is InChI=1S/C19H27N5O2/c1-14-11-17(21-23(14)3)19(25)20-16-12-15(5-6-18(16)26-4)13-24-9-7-22(2)8-10-24/h5-6,11-12H,7-10,13H2,1-4H3,(H,20,25). The Morgan fingerprint density at radius 3 is 2.54 bits per heavy atom. The topological polar surface area (TPSA) is 62.6 Å². The van der Waals surface area contributed by atoms with Crippen LogP contribution in [0.3, 0.4) is 0 Å². The van der Waals surface area contributed by atoms with Crippen molar-refractivity contribution in [3.63, 3.8) is 0 Å². The number of ether oxygens (including phenoxy) is 1. The summed E-state index contributed by atoms with van der Waals surface area (Å²) in [6, 6.07) is 7.73. The van der Waals surface area contributed by atoms with Gasteiger partial charge in [0.1, 0.15) is 5.75 Å². The molecule has 0 spiro atoms. The number of aromatic nitrogens is 2. The lowest BCUT2D eigenvalue weighted by molar-refractivity contribution is 0.102. The molecular formula is C19H27N5O2. The third-order valence-corrected chi connectivity index (χ3v) is 4.86. The number of hydrogen-bond acceptors (Lipinski definition) is 5. The van der Waals surface area contributed by atoms with E-state index in [1.54, 1.807) is 17.9 Å². The highest BCUT2D eigenvalue weighted by Crippen LogP contribution is 2.27. The zero-order chi connectivity index (χ0) is 18.7. The zero-order valence-corrected chi connectivity index (χ0v) is 16.0. The number of methoxy groups -OCH3 is 1. The van der Waals surface area contributed by atoms with Gasteiger partial charge in [-0.05, 0) is 37.7 Å². The van der Waals surface area contributed by atoms with E-state index >= 15 is 0 Å². The average molecular weight is 357 g/mol. The summed E-state index contributed by atoms with van der Waals surface area (Å²) < 4.78 is 7.10. The van der Waals surface area contributed by atoms with Crippen molar-refractivity contribution in [2.75, 3.05) is 45.7 Å².